The molecule has 0 unspecified atom stereocenters. The van der Waals surface area contributed by atoms with Crippen LogP contribution in [0.25, 0.3) is 0 Å². The number of carbonyl (C=O) groups is 1. The van der Waals surface area contributed by atoms with E-state index in [0.29, 0.717) is 36.4 Å². The number of halogens is 2. The lowest BCUT2D eigenvalue weighted by Gasteiger charge is -2.30. The van der Waals surface area contributed by atoms with E-state index in [0.717, 1.165) is 0 Å². The molecule has 5 nitrogen and oxygen atoms in total. The van der Waals surface area contributed by atoms with Gasteiger partial charge in [-0.2, -0.15) is 8.78 Å². The molecular formula is C15H14F2N2O3. The van der Waals surface area contributed by atoms with Crippen molar-refractivity contribution >= 4 is 11.6 Å². The van der Waals surface area contributed by atoms with Gasteiger partial charge in [0.25, 0.3) is 5.91 Å². The normalized spacial score (nSPS) is 14.1. The summed E-state index contributed by atoms with van der Waals surface area (Å²) < 4.78 is 34.6. The van der Waals surface area contributed by atoms with Crippen molar-refractivity contribution < 1.29 is 22.7 Å². The zero-order valence-electron chi connectivity index (χ0n) is 11.9. The Morgan fingerprint density at radius 3 is 2.95 bits per heavy atom. The van der Waals surface area contributed by atoms with Gasteiger partial charge in [0.2, 0.25) is 0 Å². The number of oxazole rings is 1. The van der Waals surface area contributed by atoms with Gasteiger partial charge in [-0.1, -0.05) is 6.07 Å². The van der Waals surface area contributed by atoms with E-state index < -0.39 is 6.61 Å². The Morgan fingerprint density at radius 2 is 2.27 bits per heavy atom. The maximum Gasteiger partial charge on any atom is 0.387 e. The maximum absolute atomic E-state index is 12.6. The molecule has 2 aromatic rings. The number of alkyl halides is 2. The smallest absolute Gasteiger partial charge is 0.387 e. The number of nitrogens with zero attached hydrogens (tertiary/aromatic N) is 2. The number of hydrogen-bond acceptors (Lipinski definition) is 4. The molecule has 0 fully saturated rings. The minimum Gasteiger partial charge on any atom is -0.448 e. The largest absolute Gasteiger partial charge is 0.448 e. The molecule has 116 valence electrons. The van der Waals surface area contributed by atoms with Crippen LogP contribution in [0, 0.1) is 6.92 Å². The van der Waals surface area contributed by atoms with Gasteiger partial charge in [0.1, 0.15) is 11.5 Å². The monoisotopic (exact) mass is 308 g/mol. The third-order valence-corrected chi connectivity index (χ3v) is 3.62. The van der Waals surface area contributed by atoms with E-state index in [1.807, 2.05) is 0 Å². The highest BCUT2D eigenvalue weighted by atomic mass is 19.3. The van der Waals surface area contributed by atoms with Crippen LogP contribution in [0.15, 0.2) is 29.0 Å². The molecule has 1 aromatic carbocycles. The fourth-order valence-electron chi connectivity index (χ4n) is 2.65. The predicted molar refractivity (Wildman–Crippen MR) is 74.3 cm³/mol. The molecule has 22 heavy (non-hydrogen) atoms. The first-order valence-electron chi connectivity index (χ1n) is 6.86. The zero-order chi connectivity index (χ0) is 15.7. The molecule has 1 aliphatic rings. The molecule has 0 spiro atoms. The summed E-state index contributed by atoms with van der Waals surface area (Å²) >= 11 is 0. The van der Waals surface area contributed by atoms with Crippen molar-refractivity contribution in [2.24, 2.45) is 0 Å². The van der Waals surface area contributed by atoms with Crippen LogP contribution in [-0.4, -0.2) is 24.0 Å². The van der Waals surface area contributed by atoms with Crippen LogP contribution in [0.4, 0.5) is 14.5 Å². The summed E-state index contributed by atoms with van der Waals surface area (Å²) in [7, 11) is 0. The number of fused-ring (bicyclic) bond motifs is 1. The molecule has 0 aliphatic carbocycles. The van der Waals surface area contributed by atoms with E-state index in [1.54, 1.807) is 19.1 Å². The summed E-state index contributed by atoms with van der Waals surface area (Å²) in [5.41, 5.74) is 1.42. The second-order valence-corrected chi connectivity index (χ2v) is 4.95. The van der Waals surface area contributed by atoms with Crippen molar-refractivity contribution in [2.75, 3.05) is 11.4 Å². The van der Waals surface area contributed by atoms with Gasteiger partial charge >= 0.3 is 6.61 Å². The van der Waals surface area contributed by atoms with E-state index in [-0.39, 0.29) is 17.4 Å². The van der Waals surface area contributed by atoms with Crippen molar-refractivity contribution in [2.45, 2.75) is 26.4 Å². The lowest BCUT2D eigenvalue weighted by molar-refractivity contribution is -0.0504. The summed E-state index contributed by atoms with van der Waals surface area (Å²) in [5, 5.41) is 0. The lowest BCUT2D eigenvalue weighted by atomic mass is 10.00. The van der Waals surface area contributed by atoms with Crippen LogP contribution in [-0.2, 0) is 6.42 Å². The Morgan fingerprint density at radius 1 is 1.45 bits per heavy atom. The molecule has 0 N–H and O–H groups in total. The van der Waals surface area contributed by atoms with Crippen molar-refractivity contribution in [3.05, 3.63) is 41.6 Å². The number of ether oxygens (including phenoxy) is 1. The van der Waals surface area contributed by atoms with E-state index in [9.17, 15) is 13.6 Å². The second kappa shape index (κ2) is 5.75. The maximum atomic E-state index is 12.6. The summed E-state index contributed by atoms with van der Waals surface area (Å²) in [4.78, 5) is 18.0. The standard InChI is InChI=1S/C15H14F2N2O3/c1-9-13(18-8-21-9)14(20)19-7-3-4-10-11(19)5-2-6-12(10)22-15(16)17/h2,5-6,8,15H,3-4,7H2,1H3. The Hall–Kier alpha value is -2.44. The molecule has 0 bridgehead atoms. The second-order valence-electron chi connectivity index (χ2n) is 4.95. The fraction of sp³-hybridized carbons (Fsp3) is 0.333. The summed E-state index contributed by atoms with van der Waals surface area (Å²) in [6.07, 6.45) is 2.46. The molecule has 0 saturated carbocycles. The predicted octanol–water partition coefficient (Wildman–Crippen LogP) is 3.18. The van der Waals surface area contributed by atoms with E-state index in [1.165, 1.54) is 17.4 Å². The number of carbonyl (C=O) groups excluding carboxylic acids is 1. The molecule has 0 radical (unpaired) electrons. The van der Waals surface area contributed by atoms with Gasteiger partial charge < -0.3 is 14.1 Å². The van der Waals surface area contributed by atoms with Gasteiger partial charge in [-0.3, -0.25) is 4.79 Å². The zero-order valence-corrected chi connectivity index (χ0v) is 11.9. The first-order chi connectivity index (χ1) is 10.6. The number of hydrogen-bond donors (Lipinski definition) is 0. The van der Waals surface area contributed by atoms with Crippen LogP contribution in [0.3, 0.4) is 0 Å². The quantitative estimate of drug-likeness (QED) is 0.874. The highest BCUT2D eigenvalue weighted by molar-refractivity contribution is 6.06. The first kappa shape index (κ1) is 14.5. The molecule has 1 amide bonds. The van der Waals surface area contributed by atoms with Crippen molar-refractivity contribution in [3.63, 3.8) is 0 Å². The Bertz CT molecular complexity index is 700. The molecule has 1 aromatic heterocycles. The van der Waals surface area contributed by atoms with E-state index in [2.05, 4.69) is 9.72 Å². The van der Waals surface area contributed by atoms with Crippen LogP contribution in [0.2, 0.25) is 0 Å². The Balaban J connectivity index is 1.98. The summed E-state index contributed by atoms with van der Waals surface area (Å²) in [5.74, 6) is 0.236. The molecule has 3 rings (SSSR count). The number of rotatable bonds is 3. The van der Waals surface area contributed by atoms with Crippen LogP contribution >= 0.6 is 0 Å². The highest BCUT2D eigenvalue weighted by Crippen LogP contribution is 2.35. The minimum absolute atomic E-state index is 0.113. The number of benzene rings is 1. The molecule has 1 aliphatic heterocycles. The lowest BCUT2D eigenvalue weighted by Crippen LogP contribution is -2.36. The van der Waals surface area contributed by atoms with Gasteiger partial charge in [0.15, 0.2) is 12.1 Å². The summed E-state index contributed by atoms with van der Waals surface area (Å²) in [6, 6.07) is 4.80. The Kier molecular flexibility index (Phi) is 3.79. The SMILES string of the molecule is Cc1ocnc1C(=O)N1CCCc2c(OC(F)F)cccc21. The number of anilines is 1. The van der Waals surface area contributed by atoms with E-state index >= 15 is 0 Å². The van der Waals surface area contributed by atoms with Crippen molar-refractivity contribution in [1.82, 2.24) is 4.98 Å². The van der Waals surface area contributed by atoms with Gasteiger partial charge in [-0.05, 0) is 31.9 Å². The van der Waals surface area contributed by atoms with E-state index in [4.69, 9.17) is 4.42 Å². The number of aromatic nitrogens is 1. The van der Waals surface area contributed by atoms with Gasteiger partial charge in [0, 0.05) is 12.1 Å². The highest BCUT2D eigenvalue weighted by Gasteiger charge is 2.28. The molecular weight excluding hydrogens is 294 g/mol. The minimum atomic E-state index is -2.89. The first-order valence-corrected chi connectivity index (χ1v) is 6.86. The topological polar surface area (TPSA) is 55.6 Å². The average molecular weight is 308 g/mol. The number of aryl methyl sites for hydroxylation is 1. The average Bonchev–Trinajstić information content (AvgIpc) is 2.92. The molecule has 7 heteroatoms. The van der Waals surface area contributed by atoms with Gasteiger partial charge in [-0.15, -0.1) is 0 Å². The van der Waals surface area contributed by atoms with Crippen molar-refractivity contribution in [3.8, 4) is 5.75 Å². The van der Waals surface area contributed by atoms with Crippen LogP contribution < -0.4 is 9.64 Å². The summed E-state index contributed by atoms with van der Waals surface area (Å²) in [6.45, 7) is -0.743. The van der Waals surface area contributed by atoms with Crippen molar-refractivity contribution in [1.29, 1.82) is 0 Å². The third kappa shape index (κ3) is 2.54. The Labute approximate surface area is 125 Å². The molecule has 0 atom stereocenters. The van der Waals surface area contributed by atoms with Crippen LogP contribution in [0.5, 0.6) is 5.75 Å². The van der Waals surface area contributed by atoms with Gasteiger partial charge in [0.05, 0.1) is 5.69 Å². The molecule has 2 heterocycles. The fourth-order valence-corrected chi connectivity index (χ4v) is 2.65. The third-order valence-electron chi connectivity index (χ3n) is 3.62. The number of amides is 1. The van der Waals surface area contributed by atoms with Gasteiger partial charge in [-0.25, -0.2) is 4.98 Å². The van der Waals surface area contributed by atoms with Crippen LogP contribution in [0.1, 0.15) is 28.2 Å². The molecule has 0 saturated heterocycles.